The van der Waals surface area contributed by atoms with Crippen LogP contribution in [-0.2, 0) is 9.59 Å². The minimum atomic E-state index is -0.481. The Morgan fingerprint density at radius 2 is 1.65 bits per heavy atom. The summed E-state index contributed by atoms with van der Waals surface area (Å²) in [6, 6.07) is 21.0. The highest BCUT2D eigenvalue weighted by Crippen LogP contribution is 2.21. The smallest absolute Gasteiger partial charge is 0.249 e. The lowest BCUT2D eigenvalue weighted by Gasteiger charge is -2.06. The van der Waals surface area contributed by atoms with Crippen LogP contribution in [0, 0.1) is 0 Å². The van der Waals surface area contributed by atoms with Crippen LogP contribution in [-0.4, -0.2) is 18.0 Å². The molecule has 3 rings (SSSR count). The van der Waals surface area contributed by atoms with Gasteiger partial charge in [-0.05, 0) is 38.8 Å². The Bertz CT molecular complexity index is 980. The van der Waals surface area contributed by atoms with Gasteiger partial charge in [0.25, 0.3) is 0 Å². The zero-order valence-corrected chi connectivity index (χ0v) is 15.4. The molecule has 0 bridgehead atoms. The number of fused-ring (bicyclic) bond motifs is 1. The highest BCUT2D eigenvalue weighted by Gasteiger charge is 2.10. The number of carbonyl (C=O) groups excluding carboxylic acids is 2. The quantitative estimate of drug-likeness (QED) is 0.378. The molecule has 2 amide bonds. The van der Waals surface area contributed by atoms with E-state index in [1.54, 1.807) is 18.3 Å². The summed E-state index contributed by atoms with van der Waals surface area (Å²) in [6.45, 7) is 0. The van der Waals surface area contributed by atoms with Gasteiger partial charge < -0.3 is 5.32 Å². The lowest BCUT2D eigenvalue weighted by Crippen LogP contribution is -2.24. The number of nitrogens with zero attached hydrogens (tertiary/aromatic N) is 1. The molecule has 0 heterocycles. The van der Waals surface area contributed by atoms with Crippen molar-refractivity contribution in [3.8, 4) is 0 Å². The number of benzene rings is 3. The summed E-state index contributed by atoms with van der Waals surface area (Å²) >= 11 is 3.34. The van der Waals surface area contributed by atoms with Crippen molar-refractivity contribution in [2.24, 2.45) is 5.10 Å². The van der Waals surface area contributed by atoms with Crippen molar-refractivity contribution < 1.29 is 9.59 Å². The monoisotopic (exact) mass is 409 g/mol. The fraction of sp³-hybridized carbons (Fsp3) is 0.0500. The molecular formula is C20H16BrN3O2. The molecule has 0 aliphatic heterocycles. The van der Waals surface area contributed by atoms with Crippen LogP contribution in [0.15, 0.2) is 76.3 Å². The summed E-state index contributed by atoms with van der Waals surface area (Å²) < 4.78 is 0.753. The first-order chi connectivity index (χ1) is 12.6. The van der Waals surface area contributed by atoms with Gasteiger partial charge in [-0.2, -0.15) is 5.10 Å². The van der Waals surface area contributed by atoms with Gasteiger partial charge in [-0.1, -0.05) is 54.6 Å². The minimum Gasteiger partial charge on any atom is -0.325 e. The number of nitrogens with one attached hydrogen (secondary N) is 2. The molecule has 3 aromatic carbocycles. The van der Waals surface area contributed by atoms with E-state index >= 15 is 0 Å². The van der Waals surface area contributed by atoms with Crippen molar-refractivity contribution in [3.05, 3.63) is 76.8 Å². The van der Waals surface area contributed by atoms with Crippen molar-refractivity contribution in [2.75, 3.05) is 5.32 Å². The Morgan fingerprint density at radius 3 is 2.50 bits per heavy atom. The molecule has 3 aromatic rings. The first kappa shape index (κ1) is 17.8. The topological polar surface area (TPSA) is 70.6 Å². The average Bonchev–Trinajstić information content (AvgIpc) is 2.64. The molecule has 0 atom stereocenters. The fourth-order valence-corrected chi connectivity index (χ4v) is 2.86. The molecule has 0 aliphatic carbocycles. The molecule has 0 saturated heterocycles. The second-order valence-corrected chi connectivity index (χ2v) is 6.42. The van der Waals surface area contributed by atoms with Crippen LogP contribution < -0.4 is 10.7 Å². The molecule has 0 fully saturated rings. The lowest BCUT2D eigenvalue weighted by molar-refractivity contribution is -0.126. The average molecular weight is 410 g/mol. The summed E-state index contributed by atoms with van der Waals surface area (Å²) in [4.78, 5) is 23.8. The largest absolute Gasteiger partial charge is 0.325 e. The molecule has 0 saturated carbocycles. The van der Waals surface area contributed by atoms with Crippen LogP contribution in [0.25, 0.3) is 10.8 Å². The summed E-state index contributed by atoms with van der Waals surface area (Å²) in [5.41, 5.74) is 3.89. The van der Waals surface area contributed by atoms with E-state index in [-0.39, 0.29) is 6.42 Å². The van der Waals surface area contributed by atoms with E-state index in [0.29, 0.717) is 5.69 Å². The first-order valence-corrected chi connectivity index (χ1v) is 8.77. The lowest BCUT2D eigenvalue weighted by atomic mass is 10.1. The van der Waals surface area contributed by atoms with Crippen molar-refractivity contribution in [3.63, 3.8) is 0 Å². The van der Waals surface area contributed by atoms with E-state index in [2.05, 4.69) is 31.8 Å². The van der Waals surface area contributed by atoms with Crippen LogP contribution in [0.3, 0.4) is 0 Å². The molecule has 6 heteroatoms. The SMILES string of the molecule is O=C(CC(=O)Nc1ccccc1Br)NN=Cc1cccc2ccccc12. The number of carbonyl (C=O) groups is 2. The van der Waals surface area contributed by atoms with Crippen molar-refractivity contribution >= 4 is 50.4 Å². The molecule has 5 nitrogen and oxygen atoms in total. The van der Waals surface area contributed by atoms with Crippen LogP contribution in [0.1, 0.15) is 12.0 Å². The van der Waals surface area contributed by atoms with Crippen LogP contribution in [0.5, 0.6) is 0 Å². The Labute approximate surface area is 159 Å². The zero-order valence-electron chi connectivity index (χ0n) is 13.8. The van der Waals surface area contributed by atoms with E-state index < -0.39 is 11.8 Å². The number of halogens is 1. The van der Waals surface area contributed by atoms with Gasteiger partial charge in [-0.25, -0.2) is 5.43 Å². The van der Waals surface area contributed by atoms with Gasteiger partial charge in [-0.15, -0.1) is 0 Å². The number of hydrazone groups is 1. The molecule has 0 aromatic heterocycles. The highest BCUT2D eigenvalue weighted by molar-refractivity contribution is 9.10. The van der Waals surface area contributed by atoms with E-state index in [0.717, 1.165) is 20.8 Å². The van der Waals surface area contributed by atoms with Crippen LogP contribution in [0.4, 0.5) is 5.69 Å². The third-order valence-corrected chi connectivity index (χ3v) is 4.38. The highest BCUT2D eigenvalue weighted by atomic mass is 79.9. The second kappa shape index (κ2) is 8.40. The molecular weight excluding hydrogens is 394 g/mol. The number of anilines is 1. The Hall–Kier alpha value is -2.99. The maximum Gasteiger partial charge on any atom is 0.249 e. The van der Waals surface area contributed by atoms with Gasteiger partial charge in [0.2, 0.25) is 11.8 Å². The van der Waals surface area contributed by atoms with Crippen LogP contribution in [0.2, 0.25) is 0 Å². The maximum absolute atomic E-state index is 11.9. The Kier molecular flexibility index (Phi) is 5.76. The Morgan fingerprint density at radius 1 is 0.923 bits per heavy atom. The predicted octanol–water partition coefficient (Wildman–Crippen LogP) is 4.08. The molecule has 2 N–H and O–H groups in total. The van der Waals surface area contributed by atoms with Gasteiger partial charge >= 0.3 is 0 Å². The van der Waals surface area contributed by atoms with Crippen molar-refractivity contribution in [2.45, 2.75) is 6.42 Å². The summed E-state index contributed by atoms with van der Waals surface area (Å²) in [7, 11) is 0. The van der Waals surface area contributed by atoms with Crippen molar-refractivity contribution in [1.29, 1.82) is 0 Å². The molecule has 0 radical (unpaired) electrons. The molecule has 0 spiro atoms. The summed E-state index contributed by atoms with van der Waals surface area (Å²) in [5, 5.41) is 8.76. The van der Waals surface area contributed by atoms with Crippen molar-refractivity contribution in [1.82, 2.24) is 5.43 Å². The number of hydrogen-bond donors (Lipinski definition) is 2. The normalized spacial score (nSPS) is 10.8. The number of para-hydroxylation sites is 1. The number of amides is 2. The van der Waals surface area contributed by atoms with Gasteiger partial charge in [0, 0.05) is 10.0 Å². The predicted molar refractivity (Wildman–Crippen MR) is 107 cm³/mol. The molecule has 130 valence electrons. The number of rotatable bonds is 5. The fourth-order valence-electron chi connectivity index (χ4n) is 2.48. The minimum absolute atomic E-state index is 0.311. The van der Waals surface area contributed by atoms with Gasteiger partial charge in [0.1, 0.15) is 6.42 Å². The van der Waals surface area contributed by atoms with E-state index in [1.807, 2.05) is 54.6 Å². The molecule has 0 aliphatic rings. The standard InChI is InChI=1S/C20H16BrN3O2/c21-17-10-3-4-11-18(17)23-19(25)12-20(26)24-22-13-15-8-5-7-14-6-1-2-9-16(14)15/h1-11,13H,12H2,(H,23,25)(H,24,26). The third-order valence-electron chi connectivity index (χ3n) is 3.69. The van der Waals surface area contributed by atoms with Gasteiger partial charge in [0.05, 0.1) is 11.9 Å². The van der Waals surface area contributed by atoms with Gasteiger partial charge in [0.15, 0.2) is 0 Å². The summed E-state index contributed by atoms with van der Waals surface area (Å²) in [6.07, 6.45) is 1.26. The van der Waals surface area contributed by atoms with E-state index in [9.17, 15) is 9.59 Å². The third kappa shape index (κ3) is 4.55. The molecule has 0 unspecified atom stereocenters. The second-order valence-electron chi connectivity index (χ2n) is 5.57. The summed E-state index contributed by atoms with van der Waals surface area (Å²) in [5.74, 6) is -0.888. The van der Waals surface area contributed by atoms with E-state index in [1.165, 1.54) is 0 Å². The zero-order chi connectivity index (χ0) is 18.4. The number of hydrogen-bond acceptors (Lipinski definition) is 3. The first-order valence-electron chi connectivity index (χ1n) is 7.97. The maximum atomic E-state index is 11.9. The molecule has 26 heavy (non-hydrogen) atoms. The Balaban J connectivity index is 1.57. The van der Waals surface area contributed by atoms with Crippen LogP contribution >= 0.6 is 15.9 Å². The van der Waals surface area contributed by atoms with E-state index in [4.69, 9.17) is 0 Å². The van der Waals surface area contributed by atoms with Gasteiger partial charge in [-0.3, -0.25) is 9.59 Å².